The van der Waals surface area contributed by atoms with Crippen LogP contribution >= 0.6 is 15.9 Å². The number of benzene rings is 1. The maximum absolute atomic E-state index is 12.0. The van der Waals surface area contributed by atoms with Crippen LogP contribution in [0.2, 0.25) is 0 Å². The summed E-state index contributed by atoms with van der Waals surface area (Å²) in [6, 6.07) is 6.12. The van der Waals surface area contributed by atoms with E-state index in [-0.39, 0.29) is 12.0 Å². The third kappa shape index (κ3) is 1.56. The van der Waals surface area contributed by atoms with Gasteiger partial charge in [-0.3, -0.25) is 0 Å². The first-order valence-electron chi connectivity index (χ1n) is 6.96. The molecule has 0 amide bonds. The summed E-state index contributed by atoms with van der Waals surface area (Å²) >= 11 is 3.61. The van der Waals surface area contributed by atoms with Crippen molar-refractivity contribution in [2.24, 2.45) is 0 Å². The lowest BCUT2D eigenvalue weighted by atomic mass is 9.76. The van der Waals surface area contributed by atoms with Crippen LogP contribution in [0.1, 0.15) is 18.1 Å². The molecule has 4 rings (SSSR count). The number of fused-ring (bicyclic) bond motifs is 1. The third-order valence-corrected chi connectivity index (χ3v) is 5.26. The molecule has 2 heterocycles. The van der Waals surface area contributed by atoms with Crippen LogP contribution in [0.15, 0.2) is 34.5 Å². The first kappa shape index (κ1) is 13.1. The van der Waals surface area contributed by atoms with Crippen molar-refractivity contribution in [3.63, 3.8) is 0 Å². The quantitative estimate of drug-likeness (QED) is 0.780. The largest absolute Gasteiger partial charge is 0.445 e. The Kier molecular flexibility index (Phi) is 2.63. The molecule has 0 unspecified atom stereocenters. The first-order valence-corrected chi connectivity index (χ1v) is 7.75. The normalized spacial score (nSPS) is 27.3. The molecule has 0 saturated heterocycles. The number of likely N-dealkylation sites (N-methyl/N-ethyl adjacent to an activating group) is 1. The van der Waals surface area contributed by atoms with Gasteiger partial charge in [-0.25, -0.2) is 4.79 Å². The van der Waals surface area contributed by atoms with Crippen molar-refractivity contribution in [1.82, 2.24) is 10.3 Å². The van der Waals surface area contributed by atoms with Crippen LogP contribution in [-0.4, -0.2) is 24.0 Å². The van der Waals surface area contributed by atoms with E-state index in [0.717, 1.165) is 27.5 Å². The number of rotatable bonds is 1. The Labute approximate surface area is 130 Å². The molecule has 2 aromatic rings. The van der Waals surface area contributed by atoms with Crippen molar-refractivity contribution in [3.8, 4) is 0 Å². The van der Waals surface area contributed by atoms with Crippen LogP contribution in [0.4, 0.5) is 0 Å². The highest BCUT2D eigenvalue weighted by Gasteiger charge is 2.50. The van der Waals surface area contributed by atoms with E-state index < -0.39 is 5.60 Å². The molecule has 1 aromatic heterocycles. The maximum atomic E-state index is 12.0. The van der Waals surface area contributed by atoms with E-state index in [1.807, 2.05) is 32.2 Å². The number of esters is 1. The van der Waals surface area contributed by atoms with Gasteiger partial charge in [0.1, 0.15) is 0 Å². The summed E-state index contributed by atoms with van der Waals surface area (Å²) in [5.41, 5.74) is 3.32. The number of H-pyrrole nitrogens is 1. The Balaban J connectivity index is 2.08. The molecule has 1 aliphatic heterocycles. The van der Waals surface area contributed by atoms with Crippen LogP contribution in [0.5, 0.6) is 0 Å². The summed E-state index contributed by atoms with van der Waals surface area (Å²) < 4.78 is 6.84. The predicted molar refractivity (Wildman–Crippen MR) is 84.1 cm³/mol. The Morgan fingerprint density at radius 3 is 2.95 bits per heavy atom. The van der Waals surface area contributed by atoms with E-state index in [1.165, 1.54) is 5.56 Å². The summed E-state index contributed by atoms with van der Waals surface area (Å²) in [7, 11) is 1.91. The fraction of sp³-hybridized carbons (Fsp3) is 0.312. The van der Waals surface area contributed by atoms with E-state index in [9.17, 15) is 4.79 Å². The highest BCUT2D eigenvalue weighted by Crippen LogP contribution is 2.47. The van der Waals surface area contributed by atoms with Gasteiger partial charge in [0.25, 0.3) is 0 Å². The first-order chi connectivity index (χ1) is 10.1. The van der Waals surface area contributed by atoms with Crippen molar-refractivity contribution in [2.45, 2.75) is 25.0 Å². The minimum Gasteiger partial charge on any atom is -0.445 e. The number of halogens is 1. The minimum atomic E-state index is -0.704. The molecule has 108 valence electrons. The molecule has 0 radical (unpaired) electrons. The lowest BCUT2D eigenvalue weighted by Crippen LogP contribution is -2.50. The van der Waals surface area contributed by atoms with E-state index in [2.05, 4.69) is 32.3 Å². The second kappa shape index (κ2) is 4.21. The maximum Gasteiger partial charge on any atom is 0.334 e. The number of aromatic amines is 1. The summed E-state index contributed by atoms with van der Waals surface area (Å²) in [6.07, 6.45) is 2.76. The van der Waals surface area contributed by atoms with Crippen molar-refractivity contribution in [1.29, 1.82) is 0 Å². The minimum absolute atomic E-state index is 0.0177. The van der Waals surface area contributed by atoms with E-state index in [1.54, 1.807) is 0 Å². The molecule has 0 fully saturated rings. The molecule has 2 atom stereocenters. The monoisotopic (exact) mass is 346 g/mol. The van der Waals surface area contributed by atoms with E-state index >= 15 is 0 Å². The topological polar surface area (TPSA) is 54.1 Å². The number of hydrogen-bond acceptors (Lipinski definition) is 3. The molecule has 0 bridgehead atoms. The molecule has 5 heteroatoms. The molecule has 1 spiro atoms. The Morgan fingerprint density at radius 2 is 2.29 bits per heavy atom. The predicted octanol–water partition coefficient (Wildman–Crippen LogP) is 2.77. The van der Waals surface area contributed by atoms with E-state index in [0.29, 0.717) is 5.57 Å². The molecule has 1 aromatic carbocycles. The smallest absolute Gasteiger partial charge is 0.334 e. The zero-order valence-electron chi connectivity index (χ0n) is 11.8. The highest BCUT2D eigenvalue weighted by atomic mass is 79.9. The Bertz CT molecular complexity index is 808. The lowest BCUT2D eigenvalue weighted by molar-refractivity contribution is -0.149. The van der Waals surface area contributed by atoms with Gasteiger partial charge in [-0.05, 0) is 54.0 Å². The SMILES string of the molecule is CN[C@@H]1Cc2c(Br)[nH]c3cccc(c23)[C@@]12C=C(C)C(=O)O2. The van der Waals surface area contributed by atoms with Gasteiger partial charge in [-0.1, -0.05) is 12.1 Å². The fourth-order valence-electron chi connectivity index (χ4n) is 3.61. The summed E-state index contributed by atoms with van der Waals surface area (Å²) in [5, 5.41) is 4.48. The molecular formula is C16H15BrN2O2. The Hall–Kier alpha value is -1.59. The highest BCUT2D eigenvalue weighted by molar-refractivity contribution is 9.10. The van der Waals surface area contributed by atoms with Gasteiger partial charge >= 0.3 is 5.97 Å². The van der Waals surface area contributed by atoms with Crippen LogP contribution in [0.3, 0.4) is 0 Å². The Morgan fingerprint density at radius 1 is 1.48 bits per heavy atom. The number of nitrogens with one attached hydrogen (secondary N) is 2. The van der Waals surface area contributed by atoms with Crippen molar-refractivity contribution < 1.29 is 9.53 Å². The number of hydrogen-bond donors (Lipinski definition) is 2. The molecule has 0 saturated carbocycles. The lowest BCUT2D eigenvalue weighted by Gasteiger charge is -2.39. The van der Waals surface area contributed by atoms with E-state index in [4.69, 9.17) is 4.74 Å². The fourth-order valence-corrected chi connectivity index (χ4v) is 4.18. The number of aromatic nitrogens is 1. The molecule has 2 N–H and O–H groups in total. The van der Waals surface area contributed by atoms with Crippen molar-refractivity contribution in [3.05, 3.63) is 45.6 Å². The zero-order valence-corrected chi connectivity index (χ0v) is 13.4. The number of carbonyl (C=O) groups is 1. The van der Waals surface area contributed by atoms with Gasteiger partial charge < -0.3 is 15.0 Å². The number of ether oxygens (including phenoxy) is 1. The second-order valence-electron chi connectivity index (χ2n) is 5.70. The molecular weight excluding hydrogens is 332 g/mol. The van der Waals surface area contributed by atoms with Gasteiger partial charge in [0, 0.05) is 22.0 Å². The average Bonchev–Trinajstić information content (AvgIpc) is 2.93. The third-order valence-electron chi connectivity index (χ3n) is 4.59. The van der Waals surface area contributed by atoms with Crippen LogP contribution < -0.4 is 5.32 Å². The summed E-state index contributed by atoms with van der Waals surface area (Å²) in [4.78, 5) is 15.4. The standard InChI is InChI=1S/C16H15BrN2O2/c1-8-7-16(21-15(8)20)10-4-3-5-11-13(10)9(14(17)19-11)6-12(16)18-2/h3-5,7,12,18-19H,6H2,1-2H3/t12-,16+/m1/s1. The van der Waals surface area contributed by atoms with Gasteiger partial charge in [-0.2, -0.15) is 0 Å². The van der Waals surface area contributed by atoms with Gasteiger partial charge in [0.2, 0.25) is 0 Å². The van der Waals surface area contributed by atoms with Gasteiger partial charge in [0.05, 0.1) is 10.6 Å². The van der Waals surface area contributed by atoms with Crippen LogP contribution in [-0.2, 0) is 21.6 Å². The molecule has 21 heavy (non-hydrogen) atoms. The van der Waals surface area contributed by atoms with Crippen molar-refractivity contribution in [2.75, 3.05) is 7.05 Å². The van der Waals surface area contributed by atoms with Crippen molar-refractivity contribution >= 4 is 32.8 Å². The average molecular weight is 347 g/mol. The molecule has 2 aliphatic rings. The van der Waals surface area contributed by atoms with Gasteiger partial charge in [-0.15, -0.1) is 0 Å². The second-order valence-corrected chi connectivity index (χ2v) is 6.49. The zero-order chi connectivity index (χ0) is 14.8. The number of carbonyl (C=O) groups excluding carboxylic acids is 1. The molecule has 1 aliphatic carbocycles. The van der Waals surface area contributed by atoms with Crippen LogP contribution in [0, 0.1) is 0 Å². The van der Waals surface area contributed by atoms with Gasteiger partial charge in [0.15, 0.2) is 5.60 Å². The summed E-state index contributed by atoms with van der Waals surface area (Å²) in [5.74, 6) is -0.231. The summed E-state index contributed by atoms with van der Waals surface area (Å²) in [6.45, 7) is 1.81. The molecule has 4 nitrogen and oxygen atoms in total. The van der Waals surface area contributed by atoms with Crippen LogP contribution in [0.25, 0.3) is 10.9 Å².